The molecule has 1 fully saturated rings. The molecule has 7 nitrogen and oxygen atoms in total. The first-order valence-electron chi connectivity index (χ1n) is 11.7. The van der Waals surface area contributed by atoms with Crippen molar-refractivity contribution in [3.8, 4) is 5.69 Å². The van der Waals surface area contributed by atoms with Gasteiger partial charge in [0.25, 0.3) is 5.91 Å². The van der Waals surface area contributed by atoms with Gasteiger partial charge in [0.05, 0.1) is 16.3 Å². The maximum Gasteiger partial charge on any atom is 0.251 e. The van der Waals surface area contributed by atoms with Crippen molar-refractivity contribution in [1.82, 2.24) is 19.4 Å². The summed E-state index contributed by atoms with van der Waals surface area (Å²) in [6.07, 6.45) is 2.75. The Balaban J connectivity index is 1.55. The molecule has 34 heavy (non-hydrogen) atoms. The van der Waals surface area contributed by atoms with E-state index in [9.17, 15) is 13.2 Å². The second kappa shape index (κ2) is 9.72. The number of nitrogens with zero attached hydrogens (tertiary/aromatic N) is 3. The van der Waals surface area contributed by atoms with Crippen LogP contribution in [-0.2, 0) is 16.6 Å². The number of hydrogen-bond donors (Lipinski definition) is 1. The summed E-state index contributed by atoms with van der Waals surface area (Å²) in [7, 11) is -3.65. The molecule has 1 saturated heterocycles. The van der Waals surface area contributed by atoms with Gasteiger partial charge in [0.2, 0.25) is 10.0 Å². The largest absolute Gasteiger partial charge is 0.348 e. The molecule has 1 aromatic heterocycles. The number of hydrogen-bond acceptors (Lipinski definition) is 4. The lowest BCUT2D eigenvalue weighted by Crippen LogP contribution is -2.42. The van der Waals surface area contributed by atoms with Crippen molar-refractivity contribution in [2.45, 2.75) is 64.4 Å². The molecule has 8 heteroatoms. The number of piperidine rings is 1. The van der Waals surface area contributed by atoms with E-state index in [0.29, 0.717) is 18.7 Å². The Morgan fingerprint density at radius 2 is 1.82 bits per heavy atom. The van der Waals surface area contributed by atoms with Gasteiger partial charge >= 0.3 is 0 Å². The van der Waals surface area contributed by atoms with Gasteiger partial charge < -0.3 is 5.32 Å². The van der Waals surface area contributed by atoms with E-state index < -0.39 is 10.0 Å². The topological polar surface area (TPSA) is 84.3 Å². The number of carbonyl (C=O) groups is 1. The summed E-state index contributed by atoms with van der Waals surface area (Å²) in [5.74, 6) is -0.299. The highest BCUT2D eigenvalue weighted by Gasteiger charge is 2.31. The summed E-state index contributed by atoms with van der Waals surface area (Å²) >= 11 is 0. The van der Waals surface area contributed by atoms with Crippen LogP contribution in [0.1, 0.15) is 59.1 Å². The number of aromatic nitrogens is 2. The molecule has 180 valence electrons. The molecule has 1 aliphatic heterocycles. The highest BCUT2D eigenvalue weighted by Crippen LogP contribution is 2.26. The molecule has 0 saturated carbocycles. The average molecular weight is 481 g/mol. The van der Waals surface area contributed by atoms with E-state index in [2.05, 4.69) is 10.4 Å². The highest BCUT2D eigenvalue weighted by molar-refractivity contribution is 7.89. The molecule has 2 aromatic carbocycles. The van der Waals surface area contributed by atoms with E-state index in [4.69, 9.17) is 0 Å². The van der Waals surface area contributed by atoms with Crippen molar-refractivity contribution in [3.63, 3.8) is 0 Å². The fourth-order valence-corrected chi connectivity index (χ4v) is 6.31. The van der Waals surface area contributed by atoms with Gasteiger partial charge in [0, 0.05) is 36.0 Å². The van der Waals surface area contributed by atoms with E-state index >= 15 is 0 Å². The minimum Gasteiger partial charge on any atom is -0.348 e. The molecule has 0 aliphatic carbocycles. The lowest BCUT2D eigenvalue weighted by Gasteiger charge is -2.32. The van der Waals surface area contributed by atoms with Crippen LogP contribution in [0.2, 0.25) is 0 Å². The monoisotopic (exact) mass is 480 g/mol. The number of nitrogens with one attached hydrogen (secondary N) is 1. The number of para-hydroxylation sites is 1. The van der Waals surface area contributed by atoms with E-state index in [1.807, 2.05) is 62.7 Å². The fourth-order valence-electron chi connectivity index (χ4n) is 4.59. The number of sulfonamides is 1. The number of carbonyl (C=O) groups excluding carboxylic acids is 1. The van der Waals surface area contributed by atoms with Gasteiger partial charge in [-0.25, -0.2) is 13.1 Å². The van der Waals surface area contributed by atoms with Crippen molar-refractivity contribution >= 4 is 15.9 Å². The van der Waals surface area contributed by atoms with Crippen LogP contribution in [0.4, 0.5) is 0 Å². The Labute approximate surface area is 201 Å². The summed E-state index contributed by atoms with van der Waals surface area (Å²) in [6, 6.07) is 14.6. The lowest BCUT2D eigenvalue weighted by atomic mass is 10.1. The van der Waals surface area contributed by atoms with Crippen LogP contribution in [0.15, 0.2) is 53.4 Å². The second-order valence-corrected chi connectivity index (χ2v) is 10.9. The third-order valence-corrected chi connectivity index (χ3v) is 8.68. The average Bonchev–Trinajstić information content (AvgIpc) is 3.11. The number of amides is 1. The Morgan fingerprint density at radius 3 is 2.53 bits per heavy atom. The second-order valence-electron chi connectivity index (χ2n) is 9.02. The Bertz CT molecular complexity index is 1300. The predicted octanol–water partition coefficient (Wildman–Crippen LogP) is 4.29. The molecule has 2 heterocycles. The maximum absolute atomic E-state index is 13.3. The van der Waals surface area contributed by atoms with Crippen molar-refractivity contribution in [2.75, 3.05) is 6.54 Å². The molecule has 4 rings (SSSR count). The molecule has 0 spiro atoms. The molecule has 1 unspecified atom stereocenters. The standard InChI is InChI=1S/C26H32N4O3S/c1-18-13-14-23(34(32,33)29-15-9-8-10-19(29)2)16-24(18)26(31)27-17-25-20(3)28-30(21(25)4)22-11-6-5-7-12-22/h5-7,11-14,16,19H,8-10,15,17H2,1-4H3,(H,27,31). The molecule has 0 radical (unpaired) electrons. The smallest absolute Gasteiger partial charge is 0.251 e. The predicted molar refractivity (Wildman–Crippen MR) is 133 cm³/mol. The number of rotatable bonds is 6. The fraction of sp³-hybridized carbons (Fsp3) is 0.385. The Morgan fingerprint density at radius 1 is 1.09 bits per heavy atom. The van der Waals surface area contributed by atoms with Gasteiger partial charge in [-0.3, -0.25) is 4.79 Å². The van der Waals surface area contributed by atoms with Crippen LogP contribution >= 0.6 is 0 Å². The summed E-state index contributed by atoms with van der Waals surface area (Å²) in [5.41, 5.74) is 4.81. The molecule has 1 aliphatic rings. The van der Waals surface area contributed by atoms with Crippen LogP contribution in [0.5, 0.6) is 0 Å². The highest BCUT2D eigenvalue weighted by atomic mass is 32.2. The van der Waals surface area contributed by atoms with Crippen LogP contribution in [0.25, 0.3) is 5.69 Å². The summed E-state index contributed by atoms with van der Waals surface area (Å²) < 4.78 is 30.0. The van der Waals surface area contributed by atoms with Gasteiger partial charge in [-0.1, -0.05) is 30.7 Å². The number of aryl methyl sites for hydroxylation is 2. The van der Waals surface area contributed by atoms with Crippen LogP contribution in [0, 0.1) is 20.8 Å². The van der Waals surface area contributed by atoms with Crippen LogP contribution in [-0.4, -0.2) is 41.0 Å². The van der Waals surface area contributed by atoms with E-state index in [1.54, 1.807) is 16.4 Å². The quantitative estimate of drug-likeness (QED) is 0.570. The summed E-state index contributed by atoms with van der Waals surface area (Å²) in [5, 5.41) is 7.60. The zero-order chi connectivity index (χ0) is 24.5. The molecule has 3 aromatic rings. The third kappa shape index (κ3) is 4.65. The van der Waals surface area contributed by atoms with E-state index in [0.717, 1.165) is 47.5 Å². The lowest BCUT2D eigenvalue weighted by molar-refractivity contribution is 0.0950. The Kier molecular flexibility index (Phi) is 6.91. The van der Waals surface area contributed by atoms with Gasteiger partial charge in [-0.2, -0.15) is 9.40 Å². The molecule has 1 atom stereocenters. The van der Waals surface area contributed by atoms with Crippen molar-refractivity contribution in [3.05, 3.63) is 76.6 Å². The van der Waals surface area contributed by atoms with Gasteiger partial charge in [0.1, 0.15) is 0 Å². The van der Waals surface area contributed by atoms with Gasteiger partial charge in [-0.15, -0.1) is 0 Å². The van der Waals surface area contributed by atoms with Crippen LogP contribution < -0.4 is 5.32 Å². The Hall–Kier alpha value is -2.97. The zero-order valence-corrected chi connectivity index (χ0v) is 21.0. The van der Waals surface area contributed by atoms with Crippen LogP contribution in [0.3, 0.4) is 0 Å². The number of benzene rings is 2. The van der Waals surface area contributed by atoms with Crippen molar-refractivity contribution < 1.29 is 13.2 Å². The third-order valence-electron chi connectivity index (χ3n) is 6.67. The van der Waals surface area contributed by atoms with Gasteiger partial charge in [-0.05, 0) is 70.4 Å². The minimum atomic E-state index is -3.65. The van der Waals surface area contributed by atoms with Gasteiger partial charge in [0.15, 0.2) is 0 Å². The van der Waals surface area contributed by atoms with E-state index in [-0.39, 0.29) is 16.8 Å². The molecule has 1 N–H and O–H groups in total. The zero-order valence-electron chi connectivity index (χ0n) is 20.2. The summed E-state index contributed by atoms with van der Waals surface area (Å²) in [6.45, 7) is 8.49. The van der Waals surface area contributed by atoms with Crippen molar-refractivity contribution in [2.24, 2.45) is 0 Å². The summed E-state index contributed by atoms with van der Waals surface area (Å²) in [4.78, 5) is 13.3. The molecule has 0 bridgehead atoms. The molecule has 1 amide bonds. The minimum absolute atomic E-state index is 0.0376. The van der Waals surface area contributed by atoms with Crippen molar-refractivity contribution in [1.29, 1.82) is 0 Å². The maximum atomic E-state index is 13.3. The SMILES string of the molecule is Cc1ccc(S(=O)(=O)N2CCCCC2C)cc1C(=O)NCc1c(C)nn(-c2ccccc2)c1C. The molecular formula is C26H32N4O3S. The first-order chi connectivity index (χ1) is 16.2. The normalized spacial score (nSPS) is 17.0. The molecular weight excluding hydrogens is 448 g/mol. The first-order valence-corrected chi connectivity index (χ1v) is 13.2. The van der Waals surface area contributed by atoms with E-state index in [1.165, 1.54) is 6.07 Å². The first kappa shape index (κ1) is 24.2.